The summed E-state index contributed by atoms with van der Waals surface area (Å²) >= 11 is 0. The van der Waals surface area contributed by atoms with Gasteiger partial charge in [-0.05, 0) is 23.8 Å². The van der Waals surface area contributed by atoms with Crippen molar-refractivity contribution in [3.05, 3.63) is 35.9 Å². The predicted octanol–water partition coefficient (Wildman–Crippen LogP) is 1.11. The van der Waals surface area contributed by atoms with Gasteiger partial charge in [-0.2, -0.15) is 0 Å². The van der Waals surface area contributed by atoms with E-state index in [2.05, 4.69) is 29.2 Å². The SMILES string of the molecule is OCC1[C@H]2C[C@H](CN(Cc3ccccc3)C2)[C@@H]1O. The Bertz CT molecular complexity index is 395. The van der Waals surface area contributed by atoms with Crippen molar-refractivity contribution in [2.24, 2.45) is 17.8 Å². The first-order chi connectivity index (χ1) is 8.78. The van der Waals surface area contributed by atoms with Crippen LogP contribution in [0.25, 0.3) is 0 Å². The van der Waals surface area contributed by atoms with Gasteiger partial charge < -0.3 is 10.2 Å². The number of rotatable bonds is 3. The molecule has 1 saturated carbocycles. The van der Waals surface area contributed by atoms with Crippen LogP contribution in [-0.2, 0) is 6.54 Å². The molecule has 3 rings (SSSR count). The zero-order chi connectivity index (χ0) is 12.5. The number of fused-ring (bicyclic) bond motifs is 2. The molecular formula is C15H21NO2. The third kappa shape index (κ3) is 2.18. The van der Waals surface area contributed by atoms with E-state index in [1.807, 2.05) is 6.07 Å². The molecule has 1 unspecified atom stereocenters. The molecule has 1 saturated heterocycles. The molecule has 2 bridgehead atoms. The zero-order valence-corrected chi connectivity index (χ0v) is 10.6. The van der Waals surface area contributed by atoms with Gasteiger partial charge in [-0.3, -0.25) is 4.90 Å². The molecule has 2 fully saturated rings. The van der Waals surface area contributed by atoms with Crippen molar-refractivity contribution < 1.29 is 10.2 Å². The molecular weight excluding hydrogens is 226 g/mol. The highest BCUT2D eigenvalue weighted by Crippen LogP contribution is 2.41. The normalized spacial score (nSPS) is 35.9. The zero-order valence-electron chi connectivity index (χ0n) is 10.6. The van der Waals surface area contributed by atoms with Gasteiger partial charge in [0.25, 0.3) is 0 Å². The first kappa shape index (κ1) is 12.2. The number of nitrogens with zero attached hydrogens (tertiary/aromatic N) is 1. The summed E-state index contributed by atoms with van der Waals surface area (Å²) in [6.45, 7) is 3.05. The monoisotopic (exact) mass is 247 g/mol. The number of piperidine rings is 1. The van der Waals surface area contributed by atoms with Gasteiger partial charge >= 0.3 is 0 Å². The molecule has 1 aliphatic carbocycles. The Morgan fingerprint density at radius 3 is 2.56 bits per heavy atom. The van der Waals surface area contributed by atoms with Crippen LogP contribution in [0.15, 0.2) is 30.3 Å². The fourth-order valence-electron chi connectivity index (χ4n) is 3.69. The molecule has 1 heterocycles. The Morgan fingerprint density at radius 2 is 1.83 bits per heavy atom. The van der Waals surface area contributed by atoms with Crippen molar-refractivity contribution in [2.75, 3.05) is 19.7 Å². The van der Waals surface area contributed by atoms with Gasteiger partial charge in [0, 0.05) is 32.2 Å². The molecule has 1 aromatic carbocycles. The standard InChI is InChI=1S/C15H21NO2/c17-10-14-12-6-13(15(14)18)9-16(8-12)7-11-4-2-1-3-5-11/h1-5,12-15,17-18H,6-10H2/t12-,13+,14?,15-/m0/s1. The van der Waals surface area contributed by atoms with Gasteiger partial charge in [-0.25, -0.2) is 0 Å². The van der Waals surface area contributed by atoms with E-state index < -0.39 is 0 Å². The lowest BCUT2D eigenvalue weighted by Crippen LogP contribution is -2.37. The van der Waals surface area contributed by atoms with Gasteiger partial charge in [0.05, 0.1) is 6.10 Å². The Morgan fingerprint density at radius 1 is 1.11 bits per heavy atom. The van der Waals surface area contributed by atoms with Crippen molar-refractivity contribution >= 4 is 0 Å². The summed E-state index contributed by atoms with van der Waals surface area (Å²) in [5.41, 5.74) is 1.33. The van der Waals surface area contributed by atoms with Crippen molar-refractivity contribution in [2.45, 2.75) is 19.1 Å². The summed E-state index contributed by atoms with van der Waals surface area (Å²) in [5.74, 6) is 0.910. The number of likely N-dealkylation sites (tertiary alicyclic amines) is 1. The van der Waals surface area contributed by atoms with E-state index in [-0.39, 0.29) is 18.6 Å². The highest BCUT2D eigenvalue weighted by molar-refractivity contribution is 5.15. The minimum Gasteiger partial charge on any atom is -0.396 e. The van der Waals surface area contributed by atoms with Gasteiger partial charge in [0.1, 0.15) is 0 Å². The lowest BCUT2D eigenvalue weighted by Gasteiger charge is -2.32. The largest absolute Gasteiger partial charge is 0.396 e. The van der Waals surface area contributed by atoms with Crippen LogP contribution in [-0.4, -0.2) is 40.9 Å². The number of aliphatic hydroxyl groups is 2. The third-order valence-corrected chi connectivity index (χ3v) is 4.58. The van der Waals surface area contributed by atoms with Crippen LogP contribution in [0.1, 0.15) is 12.0 Å². The first-order valence-electron chi connectivity index (χ1n) is 6.83. The van der Waals surface area contributed by atoms with Gasteiger partial charge in [0.15, 0.2) is 0 Å². The number of benzene rings is 1. The topological polar surface area (TPSA) is 43.7 Å². The van der Waals surface area contributed by atoms with Crippen molar-refractivity contribution in [3.63, 3.8) is 0 Å². The van der Waals surface area contributed by atoms with E-state index in [4.69, 9.17) is 0 Å². The van der Waals surface area contributed by atoms with E-state index >= 15 is 0 Å². The summed E-state index contributed by atoms with van der Waals surface area (Å²) in [7, 11) is 0. The quantitative estimate of drug-likeness (QED) is 0.841. The summed E-state index contributed by atoms with van der Waals surface area (Å²) in [5, 5.41) is 19.5. The van der Waals surface area contributed by atoms with Crippen molar-refractivity contribution in [3.8, 4) is 0 Å². The maximum Gasteiger partial charge on any atom is 0.0633 e. The Labute approximate surface area is 108 Å². The van der Waals surface area contributed by atoms with Crippen LogP contribution in [0.4, 0.5) is 0 Å². The van der Waals surface area contributed by atoms with E-state index in [0.29, 0.717) is 11.8 Å². The van der Waals surface area contributed by atoms with Crippen LogP contribution < -0.4 is 0 Å². The summed E-state index contributed by atoms with van der Waals surface area (Å²) < 4.78 is 0. The molecule has 3 nitrogen and oxygen atoms in total. The molecule has 0 aromatic heterocycles. The third-order valence-electron chi connectivity index (χ3n) is 4.58. The maximum atomic E-state index is 10.2. The Kier molecular flexibility index (Phi) is 3.37. The lowest BCUT2D eigenvalue weighted by atomic mass is 9.94. The highest BCUT2D eigenvalue weighted by atomic mass is 16.3. The van der Waals surface area contributed by atoms with Crippen LogP contribution >= 0.6 is 0 Å². The molecule has 1 aliphatic heterocycles. The Balaban J connectivity index is 1.67. The van der Waals surface area contributed by atoms with Crippen molar-refractivity contribution in [1.82, 2.24) is 4.90 Å². The predicted molar refractivity (Wildman–Crippen MR) is 69.9 cm³/mol. The lowest BCUT2D eigenvalue weighted by molar-refractivity contribution is 0.0567. The van der Waals surface area contributed by atoms with E-state index in [0.717, 1.165) is 26.1 Å². The summed E-state index contributed by atoms with van der Waals surface area (Å²) in [6.07, 6.45) is 0.776. The van der Waals surface area contributed by atoms with Crippen LogP contribution in [0.5, 0.6) is 0 Å². The first-order valence-corrected chi connectivity index (χ1v) is 6.83. The molecule has 1 aromatic rings. The average Bonchev–Trinajstić information content (AvgIpc) is 2.61. The smallest absolute Gasteiger partial charge is 0.0633 e. The fourth-order valence-corrected chi connectivity index (χ4v) is 3.69. The van der Waals surface area contributed by atoms with Gasteiger partial charge in [-0.1, -0.05) is 30.3 Å². The minimum absolute atomic E-state index is 0.0933. The number of aliphatic hydroxyl groups excluding tert-OH is 2. The van der Waals surface area contributed by atoms with Crippen LogP contribution in [0.2, 0.25) is 0 Å². The summed E-state index contributed by atoms with van der Waals surface area (Å²) in [6, 6.07) is 10.5. The highest BCUT2D eigenvalue weighted by Gasteiger charge is 2.46. The van der Waals surface area contributed by atoms with Gasteiger partial charge in [-0.15, -0.1) is 0 Å². The molecule has 2 N–H and O–H groups in total. The minimum atomic E-state index is -0.305. The van der Waals surface area contributed by atoms with E-state index in [1.54, 1.807) is 0 Å². The molecule has 0 radical (unpaired) electrons. The van der Waals surface area contributed by atoms with Crippen LogP contribution in [0, 0.1) is 17.8 Å². The second-order valence-electron chi connectivity index (χ2n) is 5.77. The Hall–Kier alpha value is -0.900. The molecule has 98 valence electrons. The molecule has 0 amide bonds. The molecule has 4 atom stereocenters. The fraction of sp³-hybridized carbons (Fsp3) is 0.600. The maximum absolute atomic E-state index is 10.2. The van der Waals surface area contributed by atoms with E-state index in [1.165, 1.54) is 5.56 Å². The number of hydrogen-bond acceptors (Lipinski definition) is 3. The number of hydrogen-bond donors (Lipinski definition) is 2. The second-order valence-corrected chi connectivity index (χ2v) is 5.77. The molecule has 2 aliphatic rings. The summed E-state index contributed by atoms with van der Waals surface area (Å²) in [4.78, 5) is 2.42. The molecule has 18 heavy (non-hydrogen) atoms. The van der Waals surface area contributed by atoms with Gasteiger partial charge in [0.2, 0.25) is 0 Å². The molecule has 0 spiro atoms. The van der Waals surface area contributed by atoms with E-state index in [9.17, 15) is 10.2 Å². The van der Waals surface area contributed by atoms with Crippen molar-refractivity contribution in [1.29, 1.82) is 0 Å². The van der Waals surface area contributed by atoms with Crippen LogP contribution in [0.3, 0.4) is 0 Å². The second kappa shape index (κ2) is 5.00. The molecule has 3 heteroatoms. The average molecular weight is 247 g/mol.